The number of pyridine rings is 1. The number of nitriles is 1. The van der Waals surface area contributed by atoms with Crippen molar-refractivity contribution in [1.29, 1.82) is 5.26 Å². The van der Waals surface area contributed by atoms with Gasteiger partial charge in [0.25, 0.3) is 50.6 Å². The smallest absolute Gasteiger partial charge is 0.298 e. The fourth-order valence-corrected chi connectivity index (χ4v) is 13.0. The Hall–Kier alpha value is -7.74. The van der Waals surface area contributed by atoms with E-state index in [4.69, 9.17) is 9.47 Å². The standard InChI is InChI=1S/C46H41N11O19S7/c1-22-13-33(53-55-41-23(2)28(21-47)44-49-32-19-39(82(69,70)71)37(75-4)20-35(32)57(44)45(41)59)36(76-9-5-11-79(60,61)62)17-29(22)51-54-34-16-30(48-24(3)58)31(18-38(34)77-10-6-12-80(63,64)65)52-56-46-50-42-40(83(72,73)74)15-25-14-26(81(66,67)68)7-8-27(25)43(42)78-46/h7-8,13-20,59H,5-6,9-12H2,1-4H3,(H,48,58)(H,60,61,62)(H,63,64,65)(H,66,67,68)(H,69,70,71)(H,72,73,74). The van der Waals surface area contributed by atoms with Gasteiger partial charge in [-0.05, 0) is 85.9 Å². The van der Waals surface area contributed by atoms with Gasteiger partial charge in [0, 0.05) is 34.9 Å². The Bertz CT molecular complexity index is 4770. The van der Waals surface area contributed by atoms with Crippen LogP contribution in [0.3, 0.4) is 0 Å². The number of rotatable bonds is 21. The number of methoxy groups -OCH3 is 1. The number of benzene rings is 5. The molecule has 436 valence electrons. The van der Waals surface area contributed by atoms with E-state index in [-0.39, 0.29) is 130 Å². The number of thiazole rings is 1. The Morgan fingerprint density at radius 3 is 2.05 bits per heavy atom. The maximum absolute atomic E-state index is 12.6. The first-order valence-corrected chi connectivity index (χ1v) is 32.6. The highest BCUT2D eigenvalue weighted by atomic mass is 32.2. The van der Waals surface area contributed by atoms with Gasteiger partial charge in [0.05, 0.1) is 57.2 Å². The van der Waals surface area contributed by atoms with Gasteiger partial charge in [0.1, 0.15) is 55.5 Å². The number of nitrogens with one attached hydrogen (secondary N) is 1. The lowest BCUT2D eigenvalue weighted by atomic mass is 10.1. The van der Waals surface area contributed by atoms with Crippen molar-refractivity contribution in [3.63, 3.8) is 0 Å². The van der Waals surface area contributed by atoms with Gasteiger partial charge in [0.2, 0.25) is 16.9 Å². The predicted molar refractivity (Wildman–Crippen MR) is 300 cm³/mol. The number of aryl methyl sites for hydroxylation is 1. The van der Waals surface area contributed by atoms with Gasteiger partial charge in [-0.25, -0.2) is 9.97 Å². The van der Waals surface area contributed by atoms with E-state index in [1.54, 1.807) is 6.92 Å². The predicted octanol–water partition coefficient (Wildman–Crippen LogP) is 9.42. The summed E-state index contributed by atoms with van der Waals surface area (Å²) in [5.74, 6) is -2.95. The summed E-state index contributed by atoms with van der Waals surface area (Å²) in [5.41, 5.74) is -0.452. The molecule has 0 aliphatic rings. The quantitative estimate of drug-likeness (QED) is 0.0152. The Labute approximate surface area is 478 Å². The summed E-state index contributed by atoms with van der Waals surface area (Å²) in [6, 6.07) is 13.9. The van der Waals surface area contributed by atoms with Crippen molar-refractivity contribution in [1.82, 2.24) is 14.4 Å². The Morgan fingerprint density at radius 1 is 0.747 bits per heavy atom. The second-order valence-electron chi connectivity index (χ2n) is 17.6. The Kier molecular flexibility index (Phi) is 17.4. The molecule has 0 spiro atoms. The SMILES string of the molecule is COc1cc2c(cc1S(=O)(=O)O)nc1c(C#N)c(C)c(N=Nc3cc(C)c(N=Nc4cc(NC(C)=O)c(N=Nc5nc6c(S(=O)(=O)O)cc7cc(S(=O)(=O)O)ccc7c6s5)cc4SCCCS(=O)(=O)O)cc3OCCCS(=O)(=O)O)c(O)n12. The van der Waals surface area contributed by atoms with Crippen LogP contribution in [0, 0.1) is 25.2 Å². The summed E-state index contributed by atoms with van der Waals surface area (Å²) in [4.78, 5) is 19.5. The summed E-state index contributed by atoms with van der Waals surface area (Å²) >= 11 is 1.80. The fourth-order valence-electron chi connectivity index (χ4n) is 8.02. The van der Waals surface area contributed by atoms with E-state index in [9.17, 15) is 80.0 Å². The largest absolute Gasteiger partial charge is 0.495 e. The number of thioether (sulfide) groups is 1. The first kappa shape index (κ1) is 61.3. The highest BCUT2D eigenvalue weighted by Crippen LogP contribution is 2.45. The van der Waals surface area contributed by atoms with Crippen molar-refractivity contribution in [3.8, 4) is 23.4 Å². The van der Waals surface area contributed by atoms with Crippen LogP contribution in [0.15, 0.2) is 111 Å². The zero-order chi connectivity index (χ0) is 60.7. The molecule has 3 aromatic heterocycles. The third-order valence-corrected chi connectivity index (χ3v) is 18.0. The van der Waals surface area contributed by atoms with E-state index in [2.05, 4.69) is 46.0 Å². The number of amides is 1. The highest BCUT2D eigenvalue weighted by molar-refractivity contribution is 7.99. The number of anilines is 1. The average Bonchev–Trinajstić information content (AvgIpc) is 2.34. The molecule has 37 heteroatoms. The number of carbonyl (C=O) groups excluding carboxylic acids is 1. The van der Waals surface area contributed by atoms with E-state index in [1.807, 2.05) is 6.07 Å². The highest BCUT2D eigenvalue weighted by Gasteiger charge is 2.27. The minimum Gasteiger partial charge on any atom is -0.495 e. The number of carbonyl (C=O) groups is 1. The van der Waals surface area contributed by atoms with Crippen LogP contribution >= 0.6 is 23.1 Å². The molecule has 0 aliphatic heterocycles. The molecular formula is C46H41N11O19S7. The summed E-state index contributed by atoms with van der Waals surface area (Å²) < 4.78 is 180. The van der Waals surface area contributed by atoms with E-state index in [0.717, 1.165) is 64.9 Å². The van der Waals surface area contributed by atoms with Crippen LogP contribution in [-0.4, -0.2) is 121 Å². The van der Waals surface area contributed by atoms with E-state index in [0.29, 0.717) is 5.56 Å². The first-order valence-electron chi connectivity index (χ1n) is 23.2. The summed E-state index contributed by atoms with van der Waals surface area (Å²) in [6.45, 7) is 3.84. The minimum absolute atomic E-state index is 0.00831. The first-order chi connectivity index (χ1) is 38.7. The number of imidazole rings is 1. The van der Waals surface area contributed by atoms with Crippen LogP contribution in [0.4, 0.5) is 39.3 Å². The zero-order valence-corrected chi connectivity index (χ0v) is 48.6. The van der Waals surface area contributed by atoms with Crippen LogP contribution in [0.1, 0.15) is 36.5 Å². The summed E-state index contributed by atoms with van der Waals surface area (Å²) in [7, 11) is -22.2. The number of ether oxygens (including phenoxy) is 2. The number of fused-ring (bicyclic) bond motifs is 6. The Morgan fingerprint density at radius 2 is 1.41 bits per heavy atom. The van der Waals surface area contributed by atoms with Crippen molar-refractivity contribution < 1.29 is 84.2 Å². The molecule has 0 fully saturated rings. The maximum atomic E-state index is 12.6. The monoisotopic (exact) mass is 1280 g/mol. The lowest BCUT2D eigenvalue weighted by Gasteiger charge is -2.13. The fraction of sp³-hybridized carbons (Fsp3) is 0.217. The van der Waals surface area contributed by atoms with E-state index in [1.165, 1.54) is 44.2 Å². The maximum Gasteiger partial charge on any atom is 0.298 e. The zero-order valence-electron chi connectivity index (χ0n) is 42.8. The van der Waals surface area contributed by atoms with Crippen LogP contribution in [-0.2, 0) is 55.4 Å². The second-order valence-corrected chi connectivity index (χ2v) is 27.1. The van der Waals surface area contributed by atoms with Gasteiger partial charge in [-0.15, -0.1) is 37.3 Å². The van der Waals surface area contributed by atoms with Crippen LogP contribution in [0.2, 0.25) is 0 Å². The molecule has 30 nitrogen and oxygen atoms in total. The third kappa shape index (κ3) is 14.0. The summed E-state index contributed by atoms with van der Waals surface area (Å²) in [5, 5.41) is 50.5. The average molecular weight is 1280 g/mol. The molecule has 5 aromatic carbocycles. The van der Waals surface area contributed by atoms with E-state index >= 15 is 0 Å². The number of hydrogen-bond donors (Lipinski definition) is 7. The van der Waals surface area contributed by atoms with Crippen molar-refractivity contribution >= 4 is 157 Å². The van der Waals surface area contributed by atoms with Crippen LogP contribution in [0.25, 0.3) is 37.7 Å². The molecule has 8 aromatic rings. The molecule has 0 unspecified atom stereocenters. The number of nitrogens with zero attached hydrogens (tertiary/aromatic N) is 10. The number of aromatic nitrogens is 3. The summed E-state index contributed by atoms with van der Waals surface area (Å²) in [6.07, 6.45) is -0.303. The number of hydrogen-bond acceptors (Lipinski definition) is 25. The molecule has 3 heterocycles. The third-order valence-electron chi connectivity index (χ3n) is 11.7. The molecular weight excluding hydrogens is 1240 g/mol. The van der Waals surface area contributed by atoms with Gasteiger partial charge >= 0.3 is 0 Å². The molecule has 0 saturated carbocycles. The minimum atomic E-state index is -5.00. The van der Waals surface area contributed by atoms with Crippen LogP contribution < -0.4 is 14.8 Å². The van der Waals surface area contributed by atoms with Crippen molar-refractivity contribution in [2.75, 3.05) is 36.3 Å². The molecule has 83 heavy (non-hydrogen) atoms. The van der Waals surface area contributed by atoms with Gasteiger partial charge in [0.15, 0.2) is 11.3 Å². The lowest BCUT2D eigenvalue weighted by Crippen LogP contribution is -2.08. The molecule has 7 N–H and O–H groups in total. The normalized spacial score (nSPS) is 12.9. The lowest BCUT2D eigenvalue weighted by molar-refractivity contribution is -0.114. The molecule has 8 rings (SSSR count). The number of azo groups is 3. The molecule has 0 aliphatic carbocycles. The second kappa shape index (κ2) is 23.5. The molecule has 0 saturated heterocycles. The molecule has 0 radical (unpaired) electrons. The Balaban J connectivity index is 1.22. The topological polar surface area (TPSA) is 468 Å². The van der Waals surface area contributed by atoms with Crippen molar-refractivity contribution in [3.05, 3.63) is 77.4 Å². The molecule has 0 bridgehead atoms. The number of aromatic hydroxyl groups is 1. The van der Waals surface area contributed by atoms with Crippen molar-refractivity contribution in [2.45, 2.75) is 53.2 Å². The van der Waals surface area contributed by atoms with Gasteiger partial charge in [-0.3, -0.25) is 32.0 Å². The molecule has 0 atom stereocenters. The van der Waals surface area contributed by atoms with Gasteiger partial charge in [-0.1, -0.05) is 17.4 Å². The van der Waals surface area contributed by atoms with Gasteiger partial charge < -0.3 is 19.9 Å². The van der Waals surface area contributed by atoms with Crippen LogP contribution in [0.5, 0.6) is 17.4 Å². The van der Waals surface area contributed by atoms with Gasteiger partial charge in [-0.2, -0.15) is 52.5 Å². The van der Waals surface area contributed by atoms with Crippen molar-refractivity contribution in [2.24, 2.45) is 30.7 Å². The molecule has 1 amide bonds. The van der Waals surface area contributed by atoms with E-state index < -0.39 is 88.6 Å².